The molecule has 2 atom stereocenters. The maximum absolute atomic E-state index is 6.36. The highest BCUT2D eigenvalue weighted by molar-refractivity contribution is 5.30. The van der Waals surface area contributed by atoms with Crippen LogP contribution in [0.25, 0.3) is 0 Å². The molecule has 3 rings (SSSR count). The number of aromatic nitrogens is 1. The van der Waals surface area contributed by atoms with E-state index in [0.29, 0.717) is 6.10 Å². The third-order valence-electron chi connectivity index (χ3n) is 4.66. The maximum atomic E-state index is 6.36. The van der Waals surface area contributed by atoms with Gasteiger partial charge in [-0.15, -0.1) is 0 Å². The molecule has 0 spiro atoms. The van der Waals surface area contributed by atoms with Crippen LogP contribution in [0.2, 0.25) is 0 Å². The fourth-order valence-corrected chi connectivity index (χ4v) is 3.16. The highest BCUT2D eigenvalue weighted by Gasteiger charge is 2.26. The zero-order valence-corrected chi connectivity index (χ0v) is 12.5. The minimum Gasteiger partial charge on any atom is -0.490 e. The highest BCUT2D eigenvalue weighted by Crippen LogP contribution is 2.31. The monoisotopic (exact) mass is 274 g/mol. The first-order valence-electron chi connectivity index (χ1n) is 8.19. The third-order valence-corrected chi connectivity index (χ3v) is 4.66. The van der Waals surface area contributed by atoms with Crippen LogP contribution >= 0.6 is 0 Å². The van der Waals surface area contributed by atoms with Crippen LogP contribution in [-0.4, -0.2) is 17.1 Å². The average Bonchev–Trinajstić information content (AvgIpc) is 3.31. The molecule has 3 nitrogen and oxygen atoms in total. The Labute approximate surface area is 122 Å². The topological polar surface area (TPSA) is 34.1 Å². The summed E-state index contributed by atoms with van der Waals surface area (Å²) in [6.45, 7) is 3.17. The van der Waals surface area contributed by atoms with E-state index in [4.69, 9.17) is 4.74 Å². The van der Waals surface area contributed by atoms with E-state index in [9.17, 15) is 0 Å². The summed E-state index contributed by atoms with van der Waals surface area (Å²) >= 11 is 0. The third kappa shape index (κ3) is 3.51. The van der Waals surface area contributed by atoms with Crippen molar-refractivity contribution in [1.82, 2.24) is 10.3 Å². The number of ether oxygens (including phenoxy) is 1. The quantitative estimate of drug-likeness (QED) is 0.859. The van der Waals surface area contributed by atoms with E-state index >= 15 is 0 Å². The van der Waals surface area contributed by atoms with Crippen LogP contribution in [0.5, 0.6) is 5.75 Å². The van der Waals surface area contributed by atoms with E-state index in [-0.39, 0.29) is 0 Å². The first-order valence-corrected chi connectivity index (χ1v) is 8.19. The Hall–Kier alpha value is -1.09. The van der Waals surface area contributed by atoms with Gasteiger partial charge in [0.1, 0.15) is 11.9 Å². The summed E-state index contributed by atoms with van der Waals surface area (Å²) in [7, 11) is 0. The van der Waals surface area contributed by atoms with Crippen LogP contribution in [0.1, 0.15) is 57.4 Å². The lowest BCUT2D eigenvalue weighted by Gasteiger charge is -2.31. The Kier molecular flexibility index (Phi) is 4.56. The van der Waals surface area contributed by atoms with E-state index < -0.39 is 0 Å². The Bertz CT molecular complexity index is 431. The van der Waals surface area contributed by atoms with Gasteiger partial charge in [0, 0.05) is 30.5 Å². The smallest absolute Gasteiger partial charge is 0.127 e. The molecule has 2 saturated carbocycles. The lowest BCUT2D eigenvalue weighted by molar-refractivity contribution is 0.0892. The molecule has 0 radical (unpaired) electrons. The van der Waals surface area contributed by atoms with Gasteiger partial charge in [0.15, 0.2) is 0 Å². The van der Waals surface area contributed by atoms with Gasteiger partial charge in [-0.05, 0) is 50.5 Å². The van der Waals surface area contributed by atoms with Crippen molar-refractivity contribution in [3.05, 3.63) is 24.0 Å². The number of nitrogens with zero attached hydrogens (tertiary/aromatic N) is 1. The SMILES string of the molecule is CCC1CCCCC1Oc1ccncc1CNC1CC1. The standard InChI is InChI=1S/C17H26N2O/c1-2-13-5-3-4-6-16(13)20-17-9-10-18-11-14(17)12-19-15-7-8-15/h9-11,13,15-16,19H,2-8,12H2,1H3. The summed E-state index contributed by atoms with van der Waals surface area (Å²) in [5.74, 6) is 1.76. The number of nitrogens with one attached hydrogen (secondary N) is 1. The minimum atomic E-state index is 0.399. The summed E-state index contributed by atoms with van der Waals surface area (Å²) in [5, 5.41) is 3.56. The number of hydrogen-bond acceptors (Lipinski definition) is 3. The average molecular weight is 274 g/mol. The molecule has 0 amide bonds. The van der Waals surface area contributed by atoms with Crippen LogP contribution in [0.4, 0.5) is 0 Å². The zero-order chi connectivity index (χ0) is 13.8. The van der Waals surface area contributed by atoms with E-state index in [0.717, 1.165) is 24.3 Å². The van der Waals surface area contributed by atoms with Crippen molar-refractivity contribution >= 4 is 0 Å². The number of pyridine rings is 1. The van der Waals surface area contributed by atoms with Gasteiger partial charge in [-0.25, -0.2) is 0 Å². The van der Waals surface area contributed by atoms with Crippen molar-refractivity contribution in [2.75, 3.05) is 0 Å². The normalized spacial score (nSPS) is 26.4. The summed E-state index contributed by atoms with van der Waals surface area (Å²) in [6, 6.07) is 2.76. The first-order chi connectivity index (χ1) is 9.86. The van der Waals surface area contributed by atoms with Gasteiger partial charge < -0.3 is 10.1 Å². The van der Waals surface area contributed by atoms with Crippen molar-refractivity contribution in [3.8, 4) is 5.75 Å². The van der Waals surface area contributed by atoms with Gasteiger partial charge in [0.2, 0.25) is 0 Å². The van der Waals surface area contributed by atoms with Crippen molar-refractivity contribution < 1.29 is 4.74 Å². The van der Waals surface area contributed by atoms with Gasteiger partial charge in [-0.1, -0.05) is 13.3 Å². The zero-order valence-electron chi connectivity index (χ0n) is 12.5. The van der Waals surface area contributed by atoms with E-state index in [1.165, 1.54) is 50.5 Å². The number of hydrogen-bond donors (Lipinski definition) is 1. The fraction of sp³-hybridized carbons (Fsp3) is 0.706. The van der Waals surface area contributed by atoms with Crippen LogP contribution in [-0.2, 0) is 6.54 Å². The van der Waals surface area contributed by atoms with Gasteiger partial charge in [0.25, 0.3) is 0 Å². The van der Waals surface area contributed by atoms with Gasteiger partial charge in [-0.2, -0.15) is 0 Å². The molecule has 0 aromatic carbocycles. The van der Waals surface area contributed by atoms with E-state index in [1.54, 1.807) is 0 Å². The summed E-state index contributed by atoms with van der Waals surface area (Å²) in [4.78, 5) is 4.26. The fourth-order valence-electron chi connectivity index (χ4n) is 3.16. The molecule has 0 bridgehead atoms. The molecule has 110 valence electrons. The predicted octanol–water partition coefficient (Wildman–Crippen LogP) is 3.68. The lowest BCUT2D eigenvalue weighted by Crippen LogP contribution is -2.30. The van der Waals surface area contributed by atoms with Crippen LogP contribution < -0.4 is 10.1 Å². The Morgan fingerprint density at radius 2 is 2.10 bits per heavy atom. The molecule has 2 unspecified atom stereocenters. The molecule has 1 aromatic rings. The Balaban J connectivity index is 1.65. The largest absolute Gasteiger partial charge is 0.490 e. The molecule has 1 aromatic heterocycles. The summed E-state index contributed by atoms with van der Waals surface area (Å²) in [6.07, 6.45) is 13.3. The summed E-state index contributed by atoms with van der Waals surface area (Å²) < 4.78 is 6.36. The van der Waals surface area contributed by atoms with Gasteiger partial charge in [-0.3, -0.25) is 4.98 Å². The molecule has 2 aliphatic rings. The molecular formula is C17H26N2O. The van der Waals surface area contributed by atoms with Crippen molar-refractivity contribution in [2.24, 2.45) is 5.92 Å². The predicted molar refractivity (Wildman–Crippen MR) is 80.8 cm³/mol. The van der Waals surface area contributed by atoms with Crippen LogP contribution in [0.15, 0.2) is 18.5 Å². The van der Waals surface area contributed by atoms with E-state index in [1.807, 2.05) is 18.5 Å². The molecular weight excluding hydrogens is 248 g/mol. The number of rotatable bonds is 6. The second-order valence-electron chi connectivity index (χ2n) is 6.25. The lowest BCUT2D eigenvalue weighted by atomic mass is 9.85. The Morgan fingerprint density at radius 1 is 1.25 bits per heavy atom. The second kappa shape index (κ2) is 6.57. The van der Waals surface area contributed by atoms with Crippen LogP contribution in [0.3, 0.4) is 0 Å². The molecule has 0 aliphatic heterocycles. The second-order valence-corrected chi connectivity index (χ2v) is 6.25. The Morgan fingerprint density at radius 3 is 2.90 bits per heavy atom. The van der Waals surface area contributed by atoms with Crippen LogP contribution in [0, 0.1) is 5.92 Å². The van der Waals surface area contributed by atoms with Gasteiger partial charge in [0.05, 0.1) is 0 Å². The van der Waals surface area contributed by atoms with Crippen molar-refractivity contribution in [3.63, 3.8) is 0 Å². The van der Waals surface area contributed by atoms with E-state index in [2.05, 4.69) is 17.2 Å². The van der Waals surface area contributed by atoms with Gasteiger partial charge >= 0.3 is 0 Å². The molecule has 0 saturated heterocycles. The van der Waals surface area contributed by atoms with Crippen molar-refractivity contribution in [1.29, 1.82) is 0 Å². The molecule has 2 aliphatic carbocycles. The molecule has 3 heteroatoms. The summed E-state index contributed by atoms with van der Waals surface area (Å²) in [5.41, 5.74) is 1.21. The minimum absolute atomic E-state index is 0.399. The molecule has 1 N–H and O–H groups in total. The molecule has 20 heavy (non-hydrogen) atoms. The highest BCUT2D eigenvalue weighted by atomic mass is 16.5. The first kappa shape index (κ1) is 13.9. The van der Waals surface area contributed by atoms with Crippen molar-refractivity contribution in [2.45, 2.75) is 70.6 Å². The molecule has 2 fully saturated rings. The maximum Gasteiger partial charge on any atom is 0.127 e. The molecule has 1 heterocycles.